The van der Waals surface area contributed by atoms with Crippen LogP contribution in [0.1, 0.15) is 18.6 Å². The number of fused-ring (bicyclic) bond motifs is 1. The summed E-state index contributed by atoms with van der Waals surface area (Å²) in [5, 5.41) is 3.77. The van der Waals surface area contributed by atoms with E-state index >= 15 is 0 Å². The second-order valence-electron chi connectivity index (χ2n) is 4.65. The highest BCUT2D eigenvalue weighted by molar-refractivity contribution is 8.00. The van der Waals surface area contributed by atoms with Crippen LogP contribution in [0.25, 0.3) is 10.2 Å². The first-order valence-electron chi connectivity index (χ1n) is 6.79. The van der Waals surface area contributed by atoms with Gasteiger partial charge in [0, 0.05) is 5.39 Å². The van der Waals surface area contributed by atoms with Gasteiger partial charge in [0.25, 0.3) is 0 Å². The highest BCUT2D eigenvalue weighted by atomic mass is 32.2. The van der Waals surface area contributed by atoms with Crippen molar-refractivity contribution < 1.29 is 9.53 Å². The molecule has 0 spiro atoms. The number of hydrogen-bond acceptors (Lipinski definition) is 6. The fourth-order valence-electron chi connectivity index (χ4n) is 2.03. The summed E-state index contributed by atoms with van der Waals surface area (Å²) in [5.41, 5.74) is 0.989. The van der Waals surface area contributed by atoms with Crippen LogP contribution in [0.4, 0.5) is 0 Å². The van der Waals surface area contributed by atoms with Crippen LogP contribution >= 0.6 is 23.1 Å². The number of rotatable bonds is 5. The van der Waals surface area contributed by atoms with Crippen molar-refractivity contribution in [3.8, 4) is 0 Å². The van der Waals surface area contributed by atoms with Crippen LogP contribution in [0.5, 0.6) is 0 Å². The minimum Gasteiger partial charge on any atom is -0.457 e. The lowest BCUT2D eigenvalue weighted by molar-refractivity contribution is -0.145. The molecule has 0 bridgehead atoms. The van der Waals surface area contributed by atoms with Crippen LogP contribution in [0.2, 0.25) is 0 Å². The molecule has 22 heavy (non-hydrogen) atoms. The minimum atomic E-state index is -0.249. The van der Waals surface area contributed by atoms with Gasteiger partial charge in [-0.15, -0.1) is 11.3 Å². The summed E-state index contributed by atoms with van der Waals surface area (Å²) in [4.78, 5) is 21.4. The summed E-state index contributed by atoms with van der Waals surface area (Å²) in [6.45, 7) is 1.87. The third-order valence-electron chi connectivity index (χ3n) is 3.13. The van der Waals surface area contributed by atoms with E-state index < -0.39 is 0 Å². The van der Waals surface area contributed by atoms with E-state index in [1.807, 2.05) is 48.7 Å². The van der Waals surface area contributed by atoms with Gasteiger partial charge in [0.05, 0.1) is 5.75 Å². The third kappa shape index (κ3) is 3.45. The van der Waals surface area contributed by atoms with E-state index in [1.165, 1.54) is 18.1 Å². The Bertz CT molecular complexity index is 774. The zero-order valence-electron chi connectivity index (χ0n) is 11.9. The van der Waals surface area contributed by atoms with Crippen molar-refractivity contribution >= 4 is 39.3 Å². The molecule has 2 aromatic heterocycles. The molecule has 0 amide bonds. The smallest absolute Gasteiger partial charge is 0.316 e. The summed E-state index contributed by atoms with van der Waals surface area (Å²) < 4.78 is 5.45. The Balaban J connectivity index is 1.60. The molecule has 3 aromatic rings. The molecule has 0 N–H and O–H groups in total. The standard InChI is InChI=1S/C16H14N2O2S2/c1-11(12-5-3-2-4-6-12)20-14(19)9-22-16-13-7-8-21-15(13)17-10-18-16/h2-8,10-11H,9H2,1H3/t11-/m1/s1. The number of thioether (sulfide) groups is 1. The first-order chi connectivity index (χ1) is 10.7. The van der Waals surface area contributed by atoms with Crippen LogP contribution in [-0.4, -0.2) is 21.7 Å². The second kappa shape index (κ2) is 6.89. The van der Waals surface area contributed by atoms with Gasteiger partial charge in [0.2, 0.25) is 0 Å². The maximum Gasteiger partial charge on any atom is 0.316 e. The predicted molar refractivity (Wildman–Crippen MR) is 89.1 cm³/mol. The molecule has 0 radical (unpaired) electrons. The summed E-state index contributed by atoms with van der Waals surface area (Å²) in [5.74, 6) is -0.0117. The fraction of sp³-hybridized carbons (Fsp3) is 0.188. The minimum absolute atomic E-state index is 0.235. The van der Waals surface area contributed by atoms with Crippen molar-refractivity contribution in [3.63, 3.8) is 0 Å². The Morgan fingerprint density at radius 2 is 2.09 bits per heavy atom. The molecule has 4 nitrogen and oxygen atoms in total. The van der Waals surface area contributed by atoms with Crippen molar-refractivity contribution in [3.05, 3.63) is 53.7 Å². The third-order valence-corrected chi connectivity index (χ3v) is 4.93. The molecule has 6 heteroatoms. The van der Waals surface area contributed by atoms with E-state index in [4.69, 9.17) is 4.74 Å². The summed E-state index contributed by atoms with van der Waals surface area (Å²) in [6.07, 6.45) is 1.28. The number of carbonyl (C=O) groups excluding carboxylic acids is 1. The van der Waals surface area contributed by atoms with Crippen LogP contribution in [0, 0.1) is 0 Å². The Labute approximate surface area is 136 Å². The number of thiophene rings is 1. The number of benzene rings is 1. The number of hydrogen-bond donors (Lipinski definition) is 0. The summed E-state index contributed by atoms with van der Waals surface area (Å²) in [7, 11) is 0. The maximum absolute atomic E-state index is 12.0. The fourth-order valence-corrected chi connectivity index (χ4v) is 3.59. The molecule has 0 saturated carbocycles. The van der Waals surface area contributed by atoms with E-state index in [2.05, 4.69) is 9.97 Å². The number of nitrogens with zero attached hydrogens (tertiary/aromatic N) is 2. The topological polar surface area (TPSA) is 52.1 Å². The Morgan fingerprint density at radius 3 is 2.91 bits per heavy atom. The van der Waals surface area contributed by atoms with Gasteiger partial charge in [-0.25, -0.2) is 9.97 Å². The second-order valence-corrected chi connectivity index (χ2v) is 6.51. The molecule has 0 aliphatic rings. The van der Waals surface area contributed by atoms with E-state index in [9.17, 15) is 4.79 Å². The number of aromatic nitrogens is 2. The Kier molecular flexibility index (Phi) is 4.70. The summed E-state index contributed by atoms with van der Waals surface area (Å²) in [6, 6.07) is 11.7. The molecule has 1 aromatic carbocycles. The van der Waals surface area contributed by atoms with Gasteiger partial charge in [-0.05, 0) is 23.9 Å². The highest BCUT2D eigenvalue weighted by Gasteiger charge is 2.13. The van der Waals surface area contributed by atoms with Crippen molar-refractivity contribution in [1.82, 2.24) is 9.97 Å². The first kappa shape index (κ1) is 15.0. The van der Waals surface area contributed by atoms with Crippen LogP contribution in [0.15, 0.2) is 53.1 Å². The molecule has 1 atom stereocenters. The lowest BCUT2D eigenvalue weighted by Crippen LogP contribution is -2.11. The van der Waals surface area contributed by atoms with Gasteiger partial charge in [-0.3, -0.25) is 4.79 Å². The molecule has 112 valence electrons. The van der Waals surface area contributed by atoms with Gasteiger partial charge in [-0.1, -0.05) is 42.1 Å². The van der Waals surface area contributed by atoms with Gasteiger partial charge in [0.15, 0.2) is 0 Å². The summed E-state index contributed by atoms with van der Waals surface area (Å²) >= 11 is 2.94. The SMILES string of the molecule is C[C@@H](OC(=O)CSc1ncnc2sccc12)c1ccccc1. The molecule has 0 unspecified atom stereocenters. The van der Waals surface area contributed by atoms with Crippen LogP contribution in [-0.2, 0) is 9.53 Å². The van der Waals surface area contributed by atoms with E-state index in [0.717, 1.165) is 20.8 Å². The zero-order valence-corrected chi connectivity index (χ0v) is 13.6. The van der Waals surface area contributed by atoms with Gasteiger partial charge in [-0.2, -0.15) is 0 Å². The molecule has 0 fully saturated rings. The van der Waals surface area contributed by atoms with E-state index in [-0.39, 0.29) is 17.8 Å². The largest absolute Gasteiger partial charge is 0.457 e. The Hall–Kier alpha value is -1.92. The van der Waals surface area contributed by atoms with Crippen molar-refractivity contribution in [1.29, 1.82) is 0 Å². The molecule has 3 rings (SSSR count). The average Bonchev–Trinajstić information content (AvgIpc) is 3.03. The monoisotopic (exact) mass is 330 g/mol. The van der Waals surface area contributed by atoms with Crippen LogP contribution in [0.3, 0.4) is 0 Å². The molecule has 2 heterocycles. The molecular weight excluding hydrogens is 316 g/mol. The lowest BCUT2D eigenvalue weighted by Gasteiger charge is -2.13. The van der Waals surface area contributed by atoms with Gasteiger partial charge in [0.1, 0.15) is 22.3 Å². The molecule has 0 saturated heterocycles. The molecule has 0 aliphatic heterocycles. The number of esters is 1. The van der Waals surface area contributed by atoms with E-state index in [0.29, 0.717) is 0 Å². The van der Waals surface area contributed by atoms with Gasteiger partial charge >= 0.3 is 5.97 Å². The highest BCUT2D eigenvalue weighted by Crippen LogP contribution is 2.28. The zero-order chi connectivity index (χ0) is 15.4. The van der Waals surface area contributed by atoms with E-state index in [1.54, 1.807) is 11.3 Å². The number of ether oxygens (including phenoxy) is 1. The normalized spacial score (nSPS) is 12.2. The number of carbonyl (C=O) groups is 1. The lowest BCUT2D eigenvalue weighted by atomic mass is 10.1. The molecule has 0 aliphatic carbocycles. The maximum atomic E-state index is 12.0. The van der Waals surface area contributed by atoms with Crippen molar-refractivity contribution in [2.75, 3.05) is 5.75 Å². The Morgan fingerprint density at radius 1 is 1.27 bits per heavy atom. The van der Waals surface area contributed by atoms with Crippen LogP contribution < -0.4 is 0 Å². The molecular formula is C16H14N2O2S2. The van der Waals surface area contributed by atoms with Crippen molar-refractivity contribution in [2.24, 2.45) is 0 Å². The van der Waals surface area contributed by atoms with Gasteiger partial charge < -0.3 is 4.74 Å². The first-order valence-corrected chi connectivity index (χ1v) is 8.66. The van der Waals surface area contributed by atoms with Crippen molar-refractivity contribution in [2.45, 2.75) is 18.1 Å². The quantitative estimate of drug-likeness (QED) is 0.401. The predicted octanol–water partition coefficient (Wildman–Crippen LogP) is 4.09. The average molecular weight is 330 g/mol.